The highest BCUT2D eigenvalue weighted by Gasteiger charge is 2.20. The van der Waals surface area contributed by atoms with E-state index in [4.69, 9.17) is 19.4 Å². The van der Waals surface area contributed by atoms with Gasteiger partial charge in [-0.15, -0.1) is 0 Å². The van der Waals surface area contributed by atoms with Crippen LogP contribution in [0.15, 0.2) is 128 Å². The van der Waals surface area contributed by atoms with Gasteiger partial charge in [0.1, 0.15) is 17.2 Å². The number of allylic oxidation sites excluding steroid dienone is 5. The van der Waals surface area contributed by atoms with Crippen LogP contribution in [0.1, 0.15) is 52.1 Å². The van der Waals surface area contributed by atoms with Crippen LogP contribution in [0.3, 0.4) is 0 Å². The van der Waals surface area contributed by atoms with Crippen LogP contribution < -0.4 is 9.47 Å². The van der Waals surface area contributed by atoms with E-state index in [0.717, 1.165) is 67.8 Å². The van der Waals surface area contributed by atoms with Crippen molar-refractivity contribution in [3.05, 3.63) is 134 Å². The second-order valence-corrected chi connectivity index (χ2v) is 13.6. The van der Waals surface area contributed by atoms with Crippen molar-refractivity contribution in [1.82, 2.24) is 9.97 Å². The zero-order valence-corrected chi connectivity index (χ0v) is 31.0. The first-order valence-corrected chi connectivity index (χ1v) is 18.6. The van der Waals surface area contributed by atoms with Crippen LogP contribution in [0.2, 0.25) is 0 Å². The molecule has 0 saturated heterocycles. The molecule has 0 aliphatic carbocycles. The van der Waals surface area contributed by atoms with Crippen LogP contribution in [0.5, 0.6) is 17.2 Å². The molecule has 1 atom stereocenters. The standard InChI is InChI=1S/C48H46N2O3/c1-6-10-14-31(8-3)30-53-35-22-27-41(44(51)28-35)43-29-42(32(9-4)15-11-7-2)49-48(50-43)40-26-21-34-19-24-38-36(37-16-12-13-17-45(37)52-5)23-18-33-20-25-39(40)47(34)46(33)38/h7,9,11-13,15-29,31,51H,4,6,8,10,14,30H2,1-3,5H3/b11-7-,32-15+. The van der Waals surface area contributed by atoms with Gasteiger partial charge >= 0.3 is 0 Å². The highest BCUT2D eigenvalue weighted by Crippen LogP contribution is 2.44. The van der Waals surface area contributed by atoms with Crippen LogP contribution in [0, 0.1) is 5.92 Å². The minimum Gasteiger partial charge on any atom is -0.507 e. The van der Waals surface area contributed by atoms with Crippen molar-refractivity contribution in [3.8, 4) is 51.0 Å². The molecule has 7 rings (SSSR count). The number of unbranched alkanes of at least 4 members (excludes halogenated alkanes) is 1. The van der Waals surface area contributed by atoms with Crippen LogP contribution in [-0.4, -0.2) is 28.8 Å². The van der Waals surface area contributed by atoms with Crippen molar-refractivity contribution >= 4 is 37.9 Å². The van der Waals surface area contributed by atoms with Crippen LogP contribution in [0.25, 0.3) is 71.7 Å². The number of aromatic nitrogens is 2. The Hall–Kier alpha value is -5.94. The Labute approximate surface area is 312 Å². The first-order chi connectivity index (χ1) is 26.0. The van der Waals surface area contributed by atoms with Crippen molar-refractivity contribution in [3.63, 3.8) is 0 Å². The molecule has 0 radical (unpaired) electrons. The number of ether oxygens (including phenoxy) is 2. The summed E-state index contributed by atoms with van der Waals surface area (Å²) in [7, 11) is 1.72. The molecule has 53 heavy (non-hydrogen) atoms. The molecule has 5 nitrogen and oxygen atoms in total. The van der Waals surface area contributed by atoms with Gasteiger partial charge < -0.3 is 14.6 Å². The summed E-state index contributed by atoms with van der Waals surface area (Å²) in [6.07, 6.45) is 12.3. The van der Waals surface area contributed by atoms with Gasteiger partial charge in [0.15, 0.2) is 5.82 Å². The number of hydrogen-bond acceptors (Lipinski definition) is 5. The fraction of sp³-hybridized carbons (Fsp3) is 0.208. The maximum atomic E-state index is 11.4. The Bertz CT molecular complexity index is 2480. The highest BCUT2D eigenvalue weighted by atomic mass is 16.5. The third kappa shape index (κ3) is 7.00. The average molecular weight is 699 g/mol. The molecular formula is C48H46N2O3. The third-order valence-corrected chi connectivity index (χ3v) is 10.3. The lowest BCUT2D eigenvalue weighted by Crippen LogP contribution is -2.11. The number of rotatable bonds is 14. The molecular weight excluding hydrogens is 653 g/mol. The average Bonchev–Trinajstić information content (AvgIpc) is 3.20. The van der Waals surface area contributed by atoms with Crippen LogP contribution >= 0.6 is 0 Å². The zero-order valence-electron chi connectivity index (χ0n) is 31.0. The first kappa shape index (κ1) is 35.5. The maximum absolute atomic E-state index is 11.4. The fourth-order valence-corrected chi connectivity index (χ4v) is 7.34. The van der Waals surface area contributed by atoms with Crippen LogP contribution in [0.4, 0.5) is 0 Å². The van der Waals surface area contributed by atoms with Crippen molar-refractivity contribution in [2.75, 3.05) is 13.7 Å². The number of hydrogen-bond donors (Lipinski definition) is 1. The van der Waals surface area contributed by atoms with E-state index in [2.05, 4.69) is 75.0 Å². The second-order valence-electron chi connectivity index (χ2n) is 13.6. The molecule has 6 aromatic carbocycles. The van der Waals surface area contributed by atoms with Crippen LogP contribution in [-0.2, 0) is 0 Å². The molecule has 7 aromatic rings. The molecule has 0 aliphatic heterocycles. The normalized spacial score (nSPS) is 12.6. The Kier molecular flexibility index (Phi) is 10.5. The topological polar surface area (TPSA) is 64.5 Å². The summed E-state index contributed by atoms with van der Waals surface area (Å²) in [5.41, 5.74) is 5.86. The van der Waals surface area contributed by atoms with E-state index in [0.29, 0.717) is 41.1 Å². The minimum atomic E-state index is 0.108. The second kappa shape index (κ2) is 15.7. The molecule has 266 valence electrons. The summed E-state index contributed by atoms with van der Waals surface area (Å²) in [6.45, 7) is 11.1. The monoisotopic (exact) mass is 698 g/mol. The zero-order chi connectivity index (χ0) is 36.9. The lowest BCUT2D eigenvalue weighted by Gasteiger charge is -2.18. The number of phenolic OH excluding ortho intramolecular Hbond substituents is 1. The summed E-state index contributed by atoms with van der Waals surface area (Å²) in [5.74, 6) is 2.65. The molecule has 0 saturated carbocycles. The number of phenols is 1. The molecule has 1 heterocycles. The van der Waals surface area contributed by atoms with E-state index >= 15 is 0 Å². The lowest BCUT2D eigenvalue weighted by molar-refractivity contribution is 0.232. The lowest BCUT2D eigenvalue weighted by atomic mass is 9.88. The number of methoxy groups -OCH3 is 1. The third-order valence-electron chi connectivity index (χ3n) is 10.3. The quantitative estimate of drug-likeness (QED) is 0.0905. The Morgan fingerprint density at radius 3 is 2.19 bits per heavy atom. The smallest absolute Gasteiger partial charge is 0.161 e. The number of para-hydroxylation sites is 1. The Balaban J connectivity index is 1.38. The fourth-order valence-electron chi connectivity index (χ4n) is 7.34. The summed E-state index contributed by atoms with van der Waals surface area (Å²) < 4.78 is 11.9. The molecule has 0 fully saturated rings. The molecule has 1 N–H and O–H groups in total. The molecule has 1 unspecified atom stereocenters. The van der Waals surface area contributed by atoms with Crippen molar-refractivity contribution in [2.45, 2.75) is 46.5 Å². The Morgan fingerprint density at radius 2 is 1.51 bits per heavy atom. The van der Waals surface area contributed by atoms with Gasteiger partial charge in [-0.3, -0.25) is 0 Å². The van der Waals surface area contributed by atoms with E-state index in [1.165, 1.54) is 18.2 Å². The largest absolute Gasteiger partial charge is 0.507 e. The van der Waals surface area contributed by atoms with Gasteiger partial charge in [-0.2, -0.15) is 0 Å². The SMILES string of the molecule is C=C/C(=C\C=C/C)c1cc(-c2ccc(OCC(CC)CCCC)cc2O)nc(-c2ccc3ccc4c(-c5ccccc5OC)ccc5ccc2c3c54)n1. The van der Waals surface area contributed by atoms with E-state index in [1.807, 2.05) is 61.5 Å². The molecule has 0 spiro atoms. The van der Waals surface area contributed by atoms with E-state index in [9.17, 15) is 5.11 Å². The van der Waals surface area contributed by atoms with Gasteiger partial charge in [0.05, 0.1) is 25.1 Å². The minimum absolute atomic E-state index is 0.108. The van der Waals surface area contributed by atoms with Gasteiger partial charge in [-0.05, 0) is 93.0 Å². The highest BCUT2D eigenvalue weighted by molar-refractivity contribution is 6.27. The van der Waals surface area contributed by atoms with Gasteiger partial charge in [-0.1, -0.05) is 125 Å². The number of nitrogens with zero attached hydrogens (tertiary/aromatic N) is 2. The van der Waals surface area contributed by atoms with Gasteiger partial charge in [0, 0.05) is 22.8 Å². The molecule has 0 bridgehead atoms. The molecule has 1 aromatic heterocycles. The molecule has 0 aliphatic rings. The van der Waals surface area contributed by atoms with E-state index in [-0.39, 0.29) is 5.75 Å². The summed E-state index contributed by atoms with van der Waals surface area (Å²) in [4.78, 5) is 10.3. The number of benzene rings is 6. The Morgan fingerprint density at radius 1 is 0.811 bits per heavy atom. The van der Waals surface area contributed by atoms with Crippen molar-refractivity contribution in [2.24, 2.45) is 5.92 Å². The van der Waals surface area contributed by atoms with E-state index < -0.39 is 0 Å². The molecule has 0 amide bonds. The number of aromatic hydroxyl groups is 1. The maximum Gasteiger partial charge on any atom is 0.161 e. The van der Waals surface area contributed by atoms with E-state index in [1.54, 1.807) is 19.3 Å². The van der Waals surface area contributed by atoms with Gasteiger partial charge in [0.25, 0.3) is 0 Å². The predicted octanol–water partition coefficient (Wildman–Crippen LogP) is 12.8. The molecule has 5 heteroatoms. The predicted molar refractivity (Wildman–Crippen MR) is 222 cm³/mol. The van der Waals surface area contributed by atoms with Gasteiger partial charge in [0.2, 0.25) is 0 Å². The summed E-state index contributed by atoms with van der Waals surface area (Å²) in [6, 6.07) is 33.0. The summed E-state index contributed by atoms with van der Waals surface area (Å²) in [5, 5.41) is 18.3. The van der Waals surface area contributed by atoms with Crippen molar-refractivity contribution < 1.29 is 14.6 Å². The first-order valence-electron chi connectivity index (χ1n) is 18.6. The summed E-state index contributed by atoms with van der Waals surface area (Å²) >= 11 is 0. The van der Waals surface area contributed by atoms with Crippen molar-refractivity contribution in [1.29, 1.82) is 0 Å². The van der Waals surface area contributed by atoms with Gasteiger partial charge in [-0.25, -0.2) is 9.97 Å².